The fourth-order valence-electron chi connectivity index (χ4n) is 1.36. The zero-order valence-corrected chi connectivity index (χ0v) is 9.21. The van der Waals surface area contributed by atoms with Gasteiger partial charge in [-0.2, -0.15) is 5.26 Å². The molecule has 1 heterocycles. The van der Waals surface area contributed by atoms with Crippen molar-refractivity contribution in [2.24, 2.45) is 0 Å². The maximum atomic E-state index is 12.7. The Balaban J connectivity index is 3.41. The molecule has 0 saturated heterocycles. The lowest BCUT2D eigenvalue weighted by Crippen LogP contribution is -2.10. The summed E-state index contributed by atoms with van der Waals surface area (Å²) in [6, 6.07) is 2.85. The number of alkyl halides is 3. The molecule has 90 valence electrons. The number of hydrogen-bond donors (Lipinski definition) is 1. The number of carbonyl (C=O) groups is 1. The van der Waals surface area contributed by atoms with Gasteiger partial charge in [0.25, 0.3) is 6.43 Å². The molecule has 1 rings (SSSR count). The van der Waals surface area contributed by atoms with E-state index in [0.29, 0.717) is 0 Å². The van der Waals surface area contributed by atoms with Crippen LogP contribution in [0.3, 0.4) is 0 Å². The molecule has 7 heteroatoms. The predicted molar refractivity (Wildman–Crippen MR) is 54.8 cm³/mol. The van der Waals surface area contributed by atoms with E-state index in [9.17, 15) is 13.6 Å². The molecule has 17 heavy (non-hydrogen) atoms. The Morgan fingerprint density at radius 3 is 2.71 bits per heavy atom. The molecule has 0 aliphatic heterocycles. The average molecular weight is 261 g/mol. The van der Waals surface area contributed by atoms with Crippen molar-refractivity contribution in [2.45, 2.75) is 18.7 Å². The van der Waals surface area contributed by atoms with Gasteiger partial charge in [-0.3, -0.25) is 4.79 Å². The highest BCUT2D eigenvalue weighted by Gasteiger charge is 2.21. The summed E-state index contributed by atoms with van der Waals surface area (Å²) < 4.78 is 25.4. The van der Waals surface area contributed by atoms with Crippen molar-refractivity contribution in [3.8, 4) is 6.07 Å². The minimum atomic E-state index is -2.94. The number of aromatic nitrogens is 1. The molecule has 1 N–H and O–H groups in total. The van der Waals surface area contributed by atoms with Crippen molar-refractivity contribution in [1.29, 1.82) is 5.26 Å². The molecule has 1 aromatic rings. The highest BCUT2D eigenvalue weighted by atomic mass is 35.5. The summed E-state index contributed by atoms with van der Waals surface area (Å²) in [5.74, 6) is -1.41. The summed E-state index contributed by atoms with van der Waals surface area (Å²) in [6.07, 6.45) is -3.54. The van der Waals surface area contributed by atoms with E-state index >= 15 is 0 Å². The summed E-state index contributed by atoms with van der Waals surface area (Å²) in [5.41, 5.74) is -0.829. The lowest BCUT2D eigenvalue weighted by molar-refractivity contribution is -0.136. The maximum absolute atomic E-state index is 12.7. The van der Waals surface area contributed by atoms with Crippen LogP contribution in [0.5, 0.6) is 0 Å². The third kappa shape index (κ3) is 3.11. The number of hydrogen-bond acceptors (Lipinski definition) is 3. The number of nitriles is 1. The molecule has 0 aliphatic rings. The van der Waals surface area contributed by atoms with Crippen molar-refractivity contribution in [1.82, 2.24) is 4.98 Å². The summed E-state index contributed by atoms with van der Waals surface area (Å²) in [7, 11) is 0. The summed E-state index contributed by atoms with van der Waals surface area (Å²) in [6.45, 7) is 0. The Morgan fingerprint density at radius 1 is 1.65 bits per heavy atom. The van der Waals surface area contributed by atoms with E-state index in [2.05, 4.69) is 4.98 Å². The van der Waals surface area contributed by atoms with Gasteiger partial charge in [0.1, 0.15) is 17.5 Å². The van der Waals surface area contributed by atoms with Crippen molar-refractivity contribution >= 4 is 17.6 Å². The lowest BCUT2D eigenvalue weighted by atomic mass is 10.0. The molecule has 0 radical (unpaired) electrons. The fourth-order valence-corrected chi connectivity index (χ4v) is 1.60. The molecular weight excluding hydrogens is 254 g/mol. The number of aliphatic carboxylic acids is 1. The van der Waals surface area contributed by atoms with Crippen LogP contribution in [0.4, 0.5) is 8.78 Å². The second-order valence-corrected chi connectivity index (χ2v) is 3.41. The molecule has 0 unspecified atom stereocenters. The summed E-state index contributed by atoms with van der Waals surface area (Å²) in [5, 5.41) is 17.3. The molecule has 4 nitrogen and oxygen atoms in total. The molecule has 0 aromatic carbocycles. The van der Waals surface area contributed by atoms with Crippen molar-refractivity contribution in [3.05, 3.63) is 28.6 Å². The predicted octanol–water partition coefficient (Wildman–Crippen LogP) is 2.26. The minimum Gasteiger partial charge on any atom is -0.481 e. The van der Waals surface area contributed by atoms with Crippen LogP contribution in [-0.4, -0.2) is 16.1 Å². The topological polar surface area (TPSA) is 74.0 Å². The van der Waals surface area contributed by atoms with Gasteiger partial charge in [-0.25, -0.2) is 13.8 Å². The standard InChI is InChI=1S/C10H7ClF2N2O2/c11-3-5-1-6(4-14)15-9(10(12)13)7(5)2-8(16)17/h1,10H,2-3H2,(H,16,17). The number of carboxylic acid groups (broad SMARTS) is 1. The number of rotatable bonds is 4. The van der Waals surface area contributed by atoms with Crippen molar-refractivity contribution in [2.75, 3.05) is 0 Å². The lowest BCUT2D eigenvalue weighted by Gasteiger charge is -2.10. The molecule has 0 spiro atoms. The van der Waals surface area contributed by atoms with Crippen LogP contribution in [0.15, 0.2) is 6.07 Å². The smallest absolute Gasteiger partial charge is 0.307 e. The Morgan fingerprint density at radius 2 is 2.29 bits per heavy atom. The van der Waals surface area contributed by atoms with Crippen LogP contribution in [0.2, 0.25) is 0 Å². The third-order valence-corrected chi connectivity index (χ3v) is 2.33. The molecule has 0 saturated carbocycles. The van der Waals surface area contributed by atoms with E-state index in [4.69, 9.17) is 22.0 Å². The van der Waals surface area contributed by atoms with Gasteiger partial charge in [0.05, 0.1) is 6.42 Å². The van der Waals surface area contributed by atoms with Crippen LogP contribution in [0.25, 0.3) is 0 Å². The van der Waals surface area contributed by atoms with Gasteiger partial charge in [-0.05, 0) is 17.2 Å². The van der Waals surface area contributed by atoms with Crippen LogP contribution < -0.4 is 0 Å². The van der Waals surface area contributed by atoms with Gasteiger partial charge in [0.15, 0.2) is 0 Å². The third-order valence-electron chi connectivity index (χ3n) is 2.04. The van der Waals surface area contributed by atoms with E-state index in [1.807, 2.05) is 0 Å². The number of halogens is 3. The maximum Gasteiger partial charge on any atom is 0.307 e. The first-order chi connectivity index (χ1) is 7.99. The first-order valence-corrected chi connectivity index (χ1v) is 5.01. The molecule has 0 bridgehead atoms. The van der Waals surface area contributed by atoms with Gasteiger partial charge in [-0.1, -0.05) is 0 Å². The molecule has 1 aromatic heterocycles. The average Bonchev–Trinajstić information content (AvgIpc) is 2.28. The molecule has 0 aliphatic carbocycles. The second kappa shape index (κ2) is 5.55. The Hall–Kier alpha value is -1.74. The normalized spacial score (nSPS) is 10.3. The summed E-state index contributed by atoms with van der Waals surface area (Å²) >= 11 is 5.55. The Labute approximate surface area is 100 Å². The highest BCUT2D eigenvalue weighted by Crippen LogP contribution is 2.26. The number of nitrogens with zero attached hydrogens (tertiary/aromatic N) is 2. The monoisotopic (exact) mass is 260 g/mol. The second-order valence-electron chi connectivity index (χ2n) is 3.15. The minimum absolute atomic E-state index is 0.124. The number of pyridine rings is 1. The van der Waals surface area contributed by atoms with Crippen molar-refractivity contribution in [3.63, 3.8) is 0 Å². The van der Waals surface area contributed by atoms with Gasteiger partial charge in [0.2, 0.25) is 0 Å². The van der Waals surface area contributed by atoms with E-state index in [1.165, 1.54) is 6.07 Å². The summed E-state index contributed by atoms with van der Waals surface area (Å²) in [4.78, 5) is 14.0. The van der Waals surface area contributed by atoms with Crippen molar-refractivity contribution < 1.29 is 18.7 Å². The van der Waals surface area contributed by atoms with Gasteiger partial charge in [-0.15, -0.1) is 11.6 Å². The molecule has 0 amide bonds. The quantitative estimate of drug-likeness (QED) is 0.843. The van der Waals surface area contributed by atoms with Crippen LogP contribution in [0, 0.1) is 11.3 Å². The zero-order chi connectivity index (χ0) is 13.0. The Kier molecular flexibility index (Phi) is 4.35. The van der Waals surface area contributed by atoms with E-state index in [0.717, 1.165) is 0 Å². The molecule has 0 fully saturated rings. The molecule has 0 atom stereocenters. The van der Waals surface area contributed by atoms with Crippen LogP contribution in [0.1, 0.15) is 28.9 Å². The SMILES string of the molecule is N#Cc1cc(CCl)c(CC(=O)O)c(C(F)F)n1. The van der Waals surface area contributed by atoms with E-state index in [1.54, 1.807) is 6.07 Å². The van der Waals surface area contributed by atoms with E-state index < -0.39 is 24.5 Å². The number of carboxylic acids is 1. The van der Waals surface area contributed by atoms with E-state index in [-0.39, 0.29) is 22.7 Å². The largest absolute Gasteiger partial charge is 0.481 e. The van der Waals surface area contributed by atoms with Gasteiger partial charge >= 0.3 is 5.97 Å². The zero-order valence-electron chi connectivity index (χ0n) is 8.45. The Bertz CT molecular complexity index is 486. The molecular formula is C10H7ClF2N2O2. The highest BCUT2D eigenvalue weighted by molar-refractivity contribution is 6.17. The van der Waals surface area contributed by atoms with Gasteiger partial charge in [0, 0.05) is 5.88 Å². The van der Waals surface area contributed by atoms with Gasteiger partial charge < -0.3 is 5.11 Å². The fraction of sp³-hybridized carbons (Fsp3) is 0.300. The first-order valence-electron chi connectivity index (χ1n) is 4.48. The van der Waals surface area contributed by atoms with Crippen LogP contribution >= 0.6 is 11.6 Å². The first kappa shape index (κ1) is 13.3. The van der Waals surface area contributed by atoms with Crippen LogP contribution in [-0.2, 0) is 17.1 Å².